The lowest BCUT2D eigenvalue weighted by molar-refractivity contribution is 0.356. The predicted octanol–water partition coefficient (Wildman–Crippen LogP) is 3.16. The van der Waals surface area contributed by atoms with Gasteiger partial charge in [0.15, 0.2) is 23.1 Å². The molecule has 0 spiro atoms. The second kappa shape index (κ2) is 5.66. The van der Waals surface area contributed by atoms with Gasteiger partial charge >= 0.3 is 0 Å². The van der Waals surface area contributed by atoms with Crippen molar-refractivity contribution in [2.24, 2.45) is 0 Å². The number of hydrogen-bond acceptors (Lipinski definition) is 4. The molecule has 0 amide bonds. The van der Waals surface area contributed by atoms with Crippen LogP contribution in [0.1, 0.15) is 0 Å². The fraction of sp³-hybridized carbons (Fsp3) is 0.125. The summed E-state index contributed by atoms with van der Waals surface area (Å²) < 4.78 is 10.7. The lowest BCUT2D eigenvalue weighted by Gasteiger charge is -2.10. The van der Waals surface area contributed by atoms with E-state index in [1.54, 1.807) is 14.2 Å². The van der Waals surface area contributed by atoms with Crippen LogP contribution in [0.5, 0.6) is 11.5 Å². The third-order valence-corrected chi connectivity index (χ3v) is 3.18. The Labute approximate surface area is 122 Å². The predicted molar refractivity (Wildman–Crippen MR) is 80.4 cm³/mol. The first-order valence-corrected chi connectivity index (χ1v) is 6.52. The van der Waals surface area contributed by atoms with Crippen LogP contribution in [-0.4, -0.2) is 29.4 Å². The largest absolute Gasteiger partial charge is 0.493 e. The lowest BCUT2D eigenvalue weighted by atomic mass is 10.1. The molecule has 0 atom stereocenters. The van der Waals surface area contributed by atoms with Crippen LogP contribution in [0.3, 0.4) is 0 Å². The van der Waals surface area contributed by atoms with E-state index >= 15 is 0 Å². The molecule has 0 bridgehead atoms. The Morgan fingerprint density at radius 3 is 2.43 bits per heavy atom. The van der Waals surface area contributed by atoms with Gasteiger partial charge < -0.3 is 9.47 Å². The number of rotatable bonds is 4. The van der Waals surface area contributed by atoms with Gasteiger partial charge in [0, 0.05) is 5.56 Å². The standard InChI is InChI=1S/C16H15N3O2/c1-20-13-10-6-9-12(14(13)21-2)16-17-15(18-19-16)11-7-4-3-5-8-11/h3-10H,1-2H3,(H,17,18,19). The molecule has 0 aliphatic heterocycles. The summed E-state index contributed by atoms with van der Waals surface area (Å²) in [7, 11) is 3.22. The number of nitrogens with zero attached hydrogens (tertiary/aromatic N) is 2. The minimum absolute atomic E-state index is 0.635. The third kappa shape index (κ3) is 2.45. The van der Waals surface area contributed by atoms with Crippen LogP contribution in [0.25, 0.3) is 22.8 Å². The summed E-state index contributed by atoms with van der Waals surface area (Å²) in [5.41, 5.74) is 1.77. The molecular formula is C16H15N3O2. The van der Waals surface area contributed by atoms with Crippen LogP contribution >= 0.6 is 0 Å². The molecule has 1 heterocycles. The molecule has 0 aliphatic carbocycles. The van der Waals surface area contributed by atoms with E-state index in [1.165, 1.54) is 0 Å². The molecule has 21 heavy (non-hydrogen) atoms. The molecule has 1 N–H and O–H groups in total. The highest BCUT2D eigenvalue weighted by Crippen LogP contribution is 2.36. The van der Waals surface area contributed by atoms with E-state index in [0.717, 1.165) is 11.1 Å². The minimum Gasteiger partial charge on any atom is -0.493 e. The second-order valence-electron chi connectivity index (χ2n) is 4.41. The molecular weight excluding hydrogens is 266 g/mol. The number of benzene rings is 2. The number of hydrogen-bond donors (Lipinski definition) is 1. The maximum Gasteiger partial charge on any atom is 0.181 e. The Balaban J connectivity index is 2.05. The van der Waals surface area contributed by atoms with Crippen molar-refractivity contribution in [3.05, 3.63) is 48.5 Å². The van der Waals surface area contributed by atoms with Gasteiger partial charge in [-0.1, -0.05) is 36.4 Å². The van der Waals surface area contributed by atoms with Gasteiger partial charge in [-0.05, 0) is 12.1 Å². The average Bonchev–Trinajstić information content (AvgIpc) is 3.04. The van der Waals surface area contributed by atoms with Crippen molar-refractivity contribution in [1.82, 2.24) is 15.2 Å². The Morgan fingerprint density at radius 1 is 0.905 bits per heavy atom. The number of aromatic amines is 1. The summed E-state index contributed by atoms with van der Waals surface area (Å²) in [4.78, 5) is 4.53. The maximum atomic E-state index is 5.42. The first-order valence-electron chi connectivity index (χ1n) is 6.52. The van der Waals surface area contributed by atoms with Gasteiger partial charge in [-0.25, -0.2) is 4.98 Å². The molecule has 0 fully saturated rings. The van der Waals surface area contributed by atoms with Crippen LogP contribution in [0, 0.1) is 0 Å². The normalized spacial score (nSPS) is 10.4. The molecule has 5 heteroatoms. The topological polar surface area (TPSA) is 60.0 Å². The molecule has 106 valence electrons. The van der Waals surface area contributed by atoms with Crippen LogP contribution in [0.4, 0.5) is 0 Å². The number of aromatic nitrogens is 3. The minimum atomic E-state index is 0.635. The monoisotopic (exact) mass is 281 g/mol. The van der Waals surface area contributed by atoms with Gasteiger partial charge in [0.25, 0.3) is 0 Å². The summed E-state index contributed by atoms with van der Waals surface area (Å²) in [6.45, 7) is 0. The van der Waals surface area contributed by atoms with E-state index < -0.39 is 0 Å². The van der Waals surface area contributed by atoms with Crippen molar-refractivity contribution >= 4 is 0 Å². The van der Waals surface area contributed by atoms with Gasteiger partial charge in [0.1, 0.15) is 0 Å². The first-order chi connectivity index (χ1) is 10.3. The molecule has 0 saturated heterocycles. The Morgan fingerprint density at radius 2 is 1.71 bits per heavy atom. The maximum absolute atomic E-state index is 5.42. The summed E-state index contributed by atoms with van der Waals surface area (Å²) in [5.74, 6) is 2.59. The van der Waals surface area contributed by atoms with Crippen molar-refractivity contribution < 1.29 is 9.47 Å². The highest BCUT2D eigenvalue weighted by Gasteiger charge is 2.15. The van der Waals surface area contributed by atoms with Gasteiger partial charge in [-0.2, -0.15) is 5.10 Å². The summed E-state index contributed by atoms with van der Waals surface area (Å²) in [6, 6.07) is 15.5. The number of nitrogens with one attached hydrogen (secondary N) is 1. The number of para-hydroxylation sites is 1. The molecule has 0 aliphatic rings. The number of H-pyrrole nitrogens is 1. The highest BCUT2D eigenvalue weighted by molar-refractivity contribution is 5.70. The van der Waals surface area contributed by atoms with Crippen molar-refractivity contribution in [2.45, 2.75) is 0 Å². The summed E-state index contributed by atoms with van der Waals surface area (Å²) in [5, 5.41) is 7.21. The fourth-order valence-electron chi connectivity index (χ4n) is 2.17. The Bertz CT molecular complexity index is 738. The van der Waals surface area contributed by atoms with Crippen molar-refractivity contribution in [1.29, 1.82) is 0 Å². The molecule has 3 rings (SSSR count). The van der Waals surface area contributed by atoms with E-state index in [0.29, 0.717) is 23.1 Å². The molecule has 0 saturated carbocycles. The van der Waals surface area contributed by atoms with Crippen LogP contribution in [0.2, 0.25) is 0 Å². The zero-order valence-electron chi connectivity index (χ0n) is 11.8. The van der Waals surface area contributed by atoms with Crippen LogP contribution in [0.15, 0.2) is 48.5 Å². The Hall–Kier alpha value is -2.82. The molecule has 2 aromatic carbocycles. The van der Waals surface area contributed by atoms with E-state index in [-0.39, 0.29) is 0 Å². The second-order valence-corrected chi connectivity index (χ2v) is 4.41. The van der Waals surface area contributed by atoms with Crippen LogP contribution < -0.4 is 9.47 Å². The highest BCUT2D eigenvalue weighted by atomic mass is 16.5. The molecule has 0 radical (unpaired) electrons. The third-order valence-electron chi connectivity index (χ3n) is 3.18. The van der Waals surface area contributed by atoms with Crippen molar-refractivity contribution in [2.75, 3.05) is 14.2 Å². The smallest absolute Gasteiger partial charge is 0.181 e. The van der Waals surface area contributed by atoms with E-state index in [9.17, 15) is 0 Å². The van der Waals surface area contributed by atoms with E-state index in [4.69, 9.17) is 9.47 Å². The lowest BCUT2D eigenvalue weighted by Crippen LogP contribution is -1.94. The molecule has 1 aromatic heterocycles. The van der Waals surface area contributed by atoms with E-state index in [1.807, 2.05) is 48.5 Å². The Kier molecular flexibility index (Phi) is 3.55. The fourth-order valence-corrected chi connectivity index (χ4v) is 2.17. The SMILES string of the molecule is COc1cccc(-c2nc(-c3ccccc3)n[nH]2)c1OC. The van der Waals surface area contributed by atoms with Gasteiger partial charge in [-0.3, -0.25) is 5.10 Å². The van der Waals surface area contributed by atoms with Crippen LogP contribution in [-0.2, 0) is 0 Å². The molecule has 0 unspecified atom stereocenters. The van der Waals surface area contributed by atoms with Crippen molar-refractivity contribution in [3.63, 3.8) is 0 Å². The first kappa shape index (κ1) is 13.2. The van der Waals surface area contributed by atoms with Crippen molar-refractivity contribution in [3.8, 4) is 34.3 Å². The van der Waals surface area contributed by atoms with Gasteiger partial charge in [0.2, 0.25) is 0 Å². The van der Waals surface area contributed by atoms with Gasteiger partial charge in [-0.15, -0.1) is 0 Å². The van der Waals surface area contributed by atoms with Gasteiger partial charge in [0.05, 0.1) is 19.8 Å². The molecule has 3 aromatic rings. The average molecular weight is 281 g/mol. The van der Waals surface area contributed by atoms with E-state index in [2.05, 4.69) is 15.2 Å². The summed E-state index contributed by atoms with van der Waals surface area (Å²) in [6.07, 6.45) is 0. The quantitative estimate of drug-likeness (QED) is 0.798. The zero-order valence-corrected chi connectivity index (χ0v) is 11.8. The molecule has 5 nitrogen and oxygen atoms in total. The zero-order chi connectivity index (χ0) is 14.7. The summed E-state index contributed by atoms with van der Waals surface area (Å²) >= 11 is 0. The number of ether oxygens (including phenoxy) is 2. The number of methoxy groups -OCH3 is 2.